The fourth-order valence-electron chi connectivity index (χ4n) is 6.16. The zero-order valence-electron chi connectivity index (χ0n) is 21.7. The standard InChI is InChI=1S/C30H34Cl2N2O5/c31-22-11-9-19(15-23(22)32)17-34(26(36)12-10-18-5-1-2-6-18)24-16-21(30(38)33-13-14-35)27-20-7-3-4-8-25(20)39-29(27)28(24)37/h3-4,7-9,11,15-16,18,24,27-29,35,37H,1-2,5-6,10,12-14,17H2,(H,33,38)/t24-,27+,28+,29+/m1/s1. The van der Waals surface area contributed by atoms with Gasteiger partial charge < -0.3 is 25.2 Å². The summed E-state index contributed by atoms with van der Waals surface area (Å²) in [5.41, 5.74) is 1.99. The van der Waals surface area contributed by atoms with Crippen LogP contribution in [0, 0.1) is 5.92 Å². The number of hydrogen-bond acceptors (Lipinski definition) is 5. The number of para-hydroxylation sites is 1. The number of carbonyl (C=O) groups is 2. The van der Waals surface area contributed by atoms with Gasteiger partial charge in [0.2, 0.25) is 11.8 Å². The molecule has 1 heterocycles. The highest BCUT2D eigenvalue weighted by atomic mass is 35.5. The molecule has 3 N–H and O–H groups in total. The van der Waals surface area contributed by atoms with E-state index < -0.39 is 24.2 Å². The predicted molar refractivity (Wildman–Crippen MR) is 150 cm³/mol. The molecular formula is C30H34Cl2N2O5. The van der Waals surface area contributed by atoms with Crippen LogP contribution in [-0.2, 0) is 16.1 Å². The van der Waals surface area contributed by atoms with Crippen LogP contribution in [0.3, 0.4) is 0 Å². The Kier molecular flexibility index (Phi) is 8.82. The van der Waals surface area contributed by atoms with Gasteiger partial charge in [0.15, 0.2) is 0 Å². The smallest absolute Gasteiger partial charge is 0.247 e. The Labute approximate surface area is 238 Å². The van der Waals surface area contributed by atoms with Gasteiger partial charge in [0.05, 0.1) is 28.6 Å². The highest BCUT2D eigenvalue weighted by Crippen LogP contribution is 2.47. The van der Waals surface area contributed by atoms with Crippen molar-refractivity contribution in [2.24, 2.45) is 5.92 Å². The van der Waals surface area contributed by atoms with Crippen LogP contribution < -0.4 is 10.1 Å². The third-order valence-electron chi connectivity index (χ3n) is 8.14. The zero-order chi connectivity index (χ0) is 27.5. The van der Waals surface area contributed by atoms with Crippen molar-refractivity contribution < 1.29 is 24.5 Å². The van der Waals surface area contributed by atoms with Gasteiger partial charge in [-0.25, -0.2) is 0 Å². The maximum Gasteiger partial charge on any atom is 0.247 e. The first-order chi connectivity index (χ1) is 18.9. The number of carbonyl (C=O) groups excluding carboxylic acids is 2. The number of ether oxygens (including phenoxy) is 1. The van der Waals surface area contributed by atoms with E-state index in [4.69, 9.17) is 27.9 Å². The molecule has 2 aliphatic carbocycles. The lowest BCUT2D eigenvalue weighted by atomic mass is 9.77. The Hall–Kier alpha value is -2.58. The second kappa shape index (κ2) is 12.3. The topological polar surface area (TPSA) is 99.1 Å². The average molecular weight is 574 g/mol. The Morgan fingerprint density at radius 1 is 1.08 bits per heavy atom. The van der Waals surface area contributed by atoms with Crippen molar-refractivity contribution in [3.63, 3.8) is 0 Å². The van der Waals surface area contributed by atoms with Crippen molar-refractivity contribution in [1.82, 2.24) is 10.2 Å². The van der Waals surface area contributed by atoms with Crippen molar-refractivity contribution >= 4 is 35.0 Å². The molecule has 2 aromatic rings. The molecule has 3 aliphatic rings. The van der Waals surface area contributed by atoms with E-state index in [0.717, 1.165) is 30.4 Å². The average Bonchev–Trinajstić information content (AvgIpc) is 3.60. The van der Waals surface area contributed by atoms with Crippen LogP contribution in [0.1, 0.15) is 55.6 Å². The van der Waals surface area contributed by atoms with Crippen molar-refractivity contribution in [3.8, 4) is 5.75 Å². The molecule has 0 saturated heterocycles. The molecule has 2 amide bonds. The van der Waals surface area contributed by atoms with Crippen molar-refractivity contribution in [2.45, 2.75) is 69.2 Å². The number of fused-ring (bicyclic) bond motifs is 3. The quantitative estimate of drug-likeness (QED) is 0.407. The van der Waals surface area contributed by atoms with E-state index in [1.807, 2.05) is 30.3 Å². The van der Waals surface area contributed by atoms with Crippen LogP contribution >= 0.6 is 23.2 Å². The van der Waals surface area contributed by atoms with E-state index in [1.165, 1.54) is 12.8 Å². The molecule has 0 spiro atoms. The summed E-state index contributed by atoms with van der Waals surface area (Å²) in [5.74, 6) is 0.189. The molecule has 5 rings (SSSR count). The lowest BCUT2D eigenvalue weighted by molar-refractivity contribution is -0.138. The molecule has 0 bridgehead atoms. The minimum Gasteiger partial charge on any atom is -0.486 e. The molecule has 208 valence electrons. The number of aliphatic hydroxyl groups excluding tert-OH is 2. The SMILES string of the molecule is O=C(NCCO)C1=C[C@@H](N(Cc2ccc(Cl)c(Cl)c2)C(=O)CCC2CCCC2)[C@H](O)[C@H]2Oc3ccccc3[C@@H]12. The lowest BCUT2D eigenvalue weighted by Gasteiger charge is -2.41. The molecule has 9 heteroatoms. The summed E-state index contributed by atoms with van der Waals surface area (Å²) in [7, 11) is 0. The van der Waals surface area contributed by atoms with Gasteiger partial charge in [0.1, 0.15) is 18.0 Å². The van der Waals surface area contributed by atoms with Gasteiger partial charge in [-0.1, -0.05) is 73.2 Å². The number of nitrogens with one attached hydrogen (secondary N) is 1. The lowest BCUT2D eigenvalue weighted by Crippen LogP contribution is -2.55. The van der Waals surface area contributed by atoms with Crippen LogP contribution in [0.2, 0.25) is 10.0 Å². The third kappa shape index (κ3) is 5.97. The Morgan fingerprint density at radius 2 is 1.85 bits per heavy atom. The first kappa shape index (κ1) is 28.0. The number of halogens is 2. The van der Waals surface area contributed by atoms with Crippen molar-refractivity contribution in [2.75, 3.05) is 13.2 Å². The highest BCUT2D eigenvalue weighted by Gasteiger charge is 2.50. The van der Waals surface area contributed by atoms with Crippen LogP contribution in [0.15, 0.2) is 54.1 Å². The molecule has 4 atom stereocenters. The van der Waals surface area contributed by atoms with Crippen LogP contribution in [-0.4, -0.2) is 58.3 Å². The van der Waals surface area contributed by atoms with Gasteiger partial charge in [-0.2, -0.15) is 0 Å². The number of nitrogens with zero attached hydrogens (tertiary/aromatic N) is 1. The Balaban J connectivity index is 1.50. The van der Waals surface area contributed by atoms with Crippen LogP contribution in [0.25, 0.3) is 0 Å². The van der Waals surface area contributed by atoms with Crippen LogP contribution in [0.4, 0.5) is 0 Å². The van der Waals surface area contributed by atoms with E-state index in [2.05, 4.69) is 5.32 Å². The van der Waals surface area contributed by atoms with E-state index in [1.54, 1.807) is 23.1 Å². The summed E-state index contributed by atoms with van der Waals surface area (Å²) < 4.78 is 6.20. The largest absolute Gasteiger partial charge is 0.486 e. The molecular weight excluding hydrogens is 539 g/mol. The summed E-state index contributed by atoms with van der Waals surface area (Å²) in [6.07, 6.45) is 5.70. The summed E-state index contributed by atoms with van der Waals surface area (Å²) >= 11 is 12.4. The number of rotatable bonds is 9. The second-order valence-corrected chi connectivity index (χ2v) is 11.5. The summed E-state index contributed by atoms with van der Waals surface area (Å²) in [6.45, 7) is 0.0838. The Morgan fingerprint density at radius 3 is 2.59 bits per heavy atom. The van der Waals surface area contributed by atoms with Gasteiger partial charge in [-0.3, -0.25) is 9.59 Å². The third-order valence-corrected chi connectivity index (χ3v) is 8.87. The summed E-state index contributed by atoms with van der Waals surface area (Å²) in [4.78, 5) is 28.8. The first-order valence-electron chi connectivity index (χ1n) is 13.6. The van der Waals surface area contributed by atoms with E-state index >= 15 is 0 Å². The number of benzene rings is 2. The van der Waals surface area contributed by atoms with Gasteiger partial charge in [0.25, 0.3) is 0 Å². The summed E-state index contributed by atoms with van der Waals surface area (Å²) in [6, 6.07) is 11.8. The number of hydrogen-bond donors (Lipinski definition) is 3. The molecule has 0 unspecified atom stereocenters. The van der Waals surface area contributed by atoms with Crippen molar-refractivity contribution in [3.05, 3.63) is 75.3 Å². The van der Waals surface area contributed by atoms with E-state index in [9.17, 15) is 19.8 Å². The van der Waals surface area contributed by atoms with Gasteiger partial charge in [0, 0.05) is 30.6 Å². The van der Waals surface area contributed by atoms with Gasteiger partial charge in [-0.05, 0) is 42.2 Å². The zero-order valence-corrected chi connectivity index (χ0v) is 23.2. The first-order valence-corrected chi connectivity index (χ1v) is 14.4. The van der Waals surface area contributed by atoms with E-state index in [-0.39, 0.29) is 31.5 Å². The monoisotopic (exact) mass is 572 g/mol. The molecule has 1 fully saturated rings. The fourth-order valence-corrected chi connectivity index (χ4v) is 6.48. The molecule has 0 radical (unpaired) electrons. The highest BCUT2D eigenvalue weighted by molar-refractivity contribution is 6.42. The molecule has 39 heavy (non-hydrogen) atoms. The maximum atomic E-state index is 13.8. The number of amides is 2. The Bertz CT molecular complexity index is 1250. The van der Waals surface area contributed by atoms with Gasteiger partial charge in [-0.15, -0.1) is 0 Å². The molecule has 7 nitrogen and oxygen atoms in total. The minimum absolute atomic E-state index is 0.0938. The second-order valence-electron chi connectivity index (χ2n) is 10.6. The summed E-state index contributed by atoms with van der Waals surface area (Å²) in [5, 5.41) is 24.5. The van der Waals surface area contributed by atoms with Crippen molar-refractivity contribution in [1.29, 1.82) is 0 Å². The fraction of sp³-hybridized carbons (Fsp3) is 0.467. The molecule has 1 saturated carbocycles. The molecule has 0 aromatic heterocycles. The van der Waals surface area contributed by atoms with Crippen LogP contribution in [0.5, 0.6) is 5.75 Å². The molecule has 1 aliphatic heterocycles. The normalized spacial score (nSPS) is 23.9. The number of aliphatic hydroxyl groups is 2. The maximum absolute atomic E-state index is 13.8. The van der Waals surface area contributed by atoms with E-state index in [0.29, 0.717) is 33.7 Å². The minimum atomic E-state index is -1.07. The molecule has 2 aromatic carbocycles. The predicted octanol–water partition coefficient (Wildman–Crippen LogP) is 4.62. The van der Waals surface area contributed by atoms with Gasteiger partial charge >= 0.3 is 0 Å².